The average Bonchev–Trinajstić information content (AvgIpc) is 3.52. The molecule has 0 bridgehead atoms. The van der Waals surface area contributed by atoms with Gasteiger partial charge in [0.1, 0.15) is 15.8 Å². The number of aryl methyl sites for hydroxylation is 4. The molecule has 5 aromatic rings. The molecule has 9 nitrogen and oxygen atoms in total. The second-order valence-electron chi connectivity index (χ2n) is 9.21. The van der Waals surface area contributed by atoms with E-state index in [1.165, 1.54) is 4.68 Å². The molecule has 0 aliphatic carbocycles. The molecule has 0 atom stereocenters. The molecule has 11 heteroatoms. The molecule has 3 aromatic heterocycles. The Labute approximate surface area is 224 Å². The summed E-state index contributed by atoms with van der Waals surface area (Å²) in [6, 6.07) is 15.1. The van der Waals surface area contributed by atoms with Crippen molar-refractivity contribution in [3.63, 3.8) is 0 Å². The predicted octanol–water partition coefficient (Wildman–Crippen LogP) is 5.14. The summed E-state index contributed by atoms with van der Waals surface area (Å²) < 4.78 is 37.6. The number of benzene rings is 2. The van der Waals surface area contributed by atoms with E-state index >= 15 is 0 Å². The third-order valence-electron chi connectivity index (χ3n) is 6.52. The van der Waals surface area contributed by atoms with Crippen molar-refractivity contribution < 1.29 is 12.9 Å². The summed E-state index contributed by atoms with van der Waals surface area (Å²) in [5.74, 6) is 1.34. The molecule has 0 amide bonds. The molecule has 1 N–H and O–H groups in total. The normalized spacial score (nSPS) is 11.7. The van der Waals surface area contributed by atoms with E-state index in [4.69, 9.17) is 4.52 Å². The van der Waals surface area contributed by atoms with Crippen LogP contribution in [0, 0.1) is 34.6 Å². The van der Waals surface area contributed by atoms with Crippen LogP contribution in [-0.4, -0.2) is 27.9 Å². The molecule has 0 aliphatic rings. The average molecular weight is 550 g/mol. The van der Waals surface area contributed by atoms with Gasteiger partial charge in [0.05, 0.1) is 12.2 Å². The highest BCUT2D eigenvalue weighted by Crippen LogP contribution is 2.38. The van der Waals surface area contributed by atoms with Crippen molar-refractivity contribution in [2.75, 3.05) is 4.72 Å². The summed E-state index contributed by atoms with van der Waals surface area (Å²) in [6.07, 6.45) is 0. The first kappa shape index (κ1) is 25.7. The second kappa shape index (κ2) is 9.73. The Kier molecular flexibility index (Phi) is 6.58. The number of hydrogen-bond donors (Lipinski definition) is 1. The summed E-state index contributed by atoms with van der Waals surface area (Å²) in [6.45, 7) is 9.47. The summed E-state index contributed by atoms with van der Waals surface area (Å²) in [5.41, 5.74) is 5.25. The zero-order valence-electron chi connectivity index (χ0n) is 21.6. The van der Waals surface area contributed by atoms with Gasteiger partial charge in [0.2, 0.25) is 0 Å². The Morgan fingerprint density at radius 3 is 2.39 bits per heavy atom. The monoisotopic (exact) mass is 549 g/mol. The first-order valence-corrected chi connectivity index (χ1v) is 14.3. The Bertz CT molecular complexity index is 1810. The third kappa shape index (κ3) is 4.59. The van der Waals surface area contributed by atoms with Crippen molar-refractivity contribution in [3.8, 4) is 16.8 Å². The molecule has 5 rings (SSSR count). The first-order chi connectivity index (χ1) is 18.1. The number of sulfonamides is 1. The van der Waals surface area contributed by atoms with Gasteiger partial charge in [-0.05, 0) is 74.4 Å². The van der Waals surface area contributed by atoms with Crippen LogP contribution in [0.3, 0.4) is 0 Å². The highest BCUT2D eigenvalue weighted by Gasteiger charge is 2.26. The van der Waals surface area contributed by atoms with Crippen LogP contribution in [0.15, 0.2) is 67.4 Å². The topological polar surface area (TPSA) is 112 Å². The fraction of sp³-hybridized carbons (Fsp3) is 0.222. The van der Waals surface area contributed by atoms with Crippen LogP contribution in [0.1, 0.15) is 33.8 Å². The lowest BCUT2D eigenvalue weighted by atomic mass is 9.98. The van der Waals surface area contributed by atoms with Crippen molar-refractivity contribution >= 4 is 27.2 Å². The van der Waals surface area contributed by atoms with Crippen LogP contribution < -0.4 is 10.4 Å². The molecule has 196 valence electrons. The van der Waals surface area contributed by atoms with Crippen LogP contribution in [0.4, 0.5) is 5.82 Å². The molecular formula is C27H27N5O4S2. The van der Waals surface area contributed by atoms with E-state index in [0.29, 0.717) is 34.9 Å². The standard InChI is InChI=1S/C27H27N5O4S2/c1-16-13-21(14-31-20(5)28-32(27(31)33)22-9-7-6-8-10-22)11-12-23(16)24-17(2)15-37-26(24)38(34,35)30-25-18(3)19(4)36-29-25/h6-13,15H,14H2,1-5H3,(H,29,30). The van der Waals surface area contributed by atoms with Gasteiger partial charge in [0.25, 0.3) is 10.0 Å². The lowest BCUT2D eigenvalue weighted by molar-refractivity contribution is 0.399. The quantitative estimate of drug-likeness (QED) is 0.301. The third-order valence-corrected chi connectivity index (χ3v) is 9.51. The van der Waals surface area contributed by atoms with Crippen molar-refractivity contribution in [3.05, 3.63) is 98.2 Å². The Balaban J connectivity index is 1.47. The fourth-order valence-electron chi connectivity index (χ4n) is 4.33. The van der Waals surface area contributed by atoms with Gasteiger partial charge in [0.15, 0.2) is 5.82 Å². The molecule has 3 heterocycles. The van der Waals surface area contributed by atoms with Crippen LogP contribution in [0.2, 0.25) is 0 Å². The number of anilines is 1. The zero-order chi connectivity index (χ0) is 27.2. The minimum absolute atomic E-state index is 0.184. The molecule has 38 heavy (non-hydrogen) atoms. The van der Waals surface area contributed by atoms with Gasteiger partial charge in [-0.15, -0.1) is 11.3 Å². The van der Waals surface area contributed by atoms with Crippen LogP contribution in [0.25, 0.3) is 16.8 Å². The van der Waals surface area contributed by atoms with Gasteiger partial charge < -0.3 is 4.52 Å². The lowest BCUT2D eigenvalue weighted by Gasteiger charge is -2.13. The zero-order valence-corrected chi connectivity index (χ0v) is 23.3. The molecule has 0 aliphatic heterocycles. The van der Waals surface area contributed by atoms with Gasteiger partial charge in [-0.2, -0.15) is 9.78 Å². The lowest BCUT2D eigenvalue weighted by Crippen LogP contribution is -2.24. The van der Waals surface area contributed by atoms with Crippen LogP contribution in [-0.2, 0) is 16.6 Å². The second-order valence-corrected chi connectivity index (χ2v) is 12.0. The molecule has 0 saturated heterocycles. The minimum atomic E-state index is -3.90. The molecule has 0 unspecified atom stereocenters. The number of nitrogens with one attached hydrogen (secondary N) is 1. The van der Waals surface area contributed by atoms with Crippen molar-refractivity contribution in [1.82, 2.24) is 19.5 Å². The summed E-state index contributed by atoms with van der Waals surface area (Å²) in [4.78, 5) is 13.1. The molecule has 0 saturated carbocycles. The number of nitrogens with zero attached hydrogens (tertiary/aromatic N) is 4. The number of hydrogen-bond acceptors (Lipinski definition) is 7. The number of thiophene rings is 1. The van der Waals surface area contributed by atoms with Gasteiger partial charge in [-0.25, -0.2) is 13.2 Å². The van der Waals surface area contributed by atoms with Crippen molar-refractivity contribution in [2.45, 2.75) is 45.4 Å². The predicted molar refractivity (Wildman–Crippen MR) is 148 cm³/mol. The van der Waals surface area contributed by atoms with Crippen LogP contribution >= 0.6 is 11.3 Å². The fourth-order valence-corrected chi connectivity index (χ4v) is 6.97. The Morgan fingerprint density at radius 1 is 1.00 bits per heavy atom. The number of para-hydroxylation sites is 1. The van der Waals surface area contributed by atoms with Crippen molar-refractivity contribution in [2.24, 2.45) is 0 Å². The van der Waals surface area contributed by atoms with Crippen molar-refractivity contribution in [1.29, 1.82) is 0 Å². The first-order valence-electron chi connectivity index (χ1n) is 11.9. The number of rotatable bonds is 7. The SMILES string of the molecule is Cc1cc(Cn2c(C)nn(-c3ccccc3)c2=O)ccc1-c1c(C)csc1S(=O)(=O)Nc1noc(C)c1C. The van der Waals surface area contributed by atoms with E-state index in [1.54, 1.807) is 25.3 Å². The molecule has 2 aromatic carbocycles. The molecule has 0 spiro atoms. The highest BCUT2D eigenvalue weighted by molar-refractivity contribution is 7.94. The summed E-state index contributed by atoms with van der Waals surface area (Å²) in [7, 11) is -3.90. The molecular weight excluding hydrogens is 522 g/mol. The van der Waals surface area contributed by atoms with E-state index in [2.05, 4.69) is 15.0 Å². The number of aromatic nitrogens is 4. The van der Waals surface area contributed by atoms with Gasteiger partial charge >= 0.3 is 5.69 Å². The Morgan fingerprint density at radius 2 is 1.74 bits per heavy atom. The van der Waals surface area contributed by atoms with E-state index in [9.17, 15) is 13.2 Å². The van der Waals surface area contributed by atoms with Crippen LogP contribution in [0.5, 0.6) is 0 Å². The maximum atomic E-state index is 13.4. The van der Waals surface area contributed by atoms with E-state index < -0.39 is 10.0 Å². The summed E-state index contributed by atoms with van der Waals surface area (Å²) in [5, 5.41) is 10.1. The molecule has 0 fully saturated rings. The van der Waals surface area contributed by atoms with E-state index in [0.717, 1.165) is 33.6 Å². The van der Waals surface area contributed by atoms with E-state index in [1.807, 2.05) is 67.8 Å². The molecule has 0 radical (unpaired) electrons. The maximum Gasteiger partial charge on any atom is 0.351 e. The highest BCUT2D eigenvalue weighted by atomic mass is 32.2. The summed E-state index contributed by atoms with van der Waals surface area (Å²) >= 11 is 1.16. The van der Waals surface area contributed by atoms with Gasteiger partial charge in [-0.3, -0.25) is 9.29 Å². The Hall–Kier alpha value is -3.96. The maximum absolute atomic E-state index is 13.4. The smallest absolute Gasteiger partial charge is 0.351 e. The van der Waals surface area contributed by atoms with E-state index in [-0.39, 0.29) is 15.7 Å². The van der Waals surface area contributed by atoms with Gasteiger partial charge in [-0.1, -0.05) is 41.6 Å². The van der Waals surface area contributed by atoms with Gasteiger partial charge in [0, 0.05) is 11.1 Å². The minimum Gasteiger partial charge on any atom is -0.359 e. The largest absolute Gasteiger partial charge is 0.359 e.